The van der Waals surface area contributed by atoms with Gasteiger partial charge in [-0.1, -0.05) is 19.9 Å². The monoisotopic (exact) mass is 521 g/mol. The van der Waals surface area contributed by atoms with Crippen molar-refractivity contribution in [3.63, 3.8) is 0 Å². The molecule has 3 aromatic rings. The Hall–Kier alpha value is -3.17. The standard InChI is InChI=1S/C29H43N7O2/c1-4-16-35(17-5-2)24-9-7-23(8-10-24)34-19-22-6-11-25(26(18-22)38-3)29(37)36(20-27-30-12-13-31-27)21-28-32-14-15-33-28/h6,11-15,18,23-24,34H,4-5,7-10,16-17,19-21H2,1-3H3,(H,30,31)(H,32,33)/t23-,24-. The molecule has 1 aliphatic rings. The van der Waals surface area contributed by atoms with Gasteiger partial charge >= 0.3 is 0 Å². The summed E-state index contributed by atoms with van der Waals surface area (Å²) in [5, 5.41) is 3.75. The Morgan fingerprint density at radius 3 is 2.16 bits per heavy atom. The van der Waals surface area contributed by atoms with Crippen LogP contribution < -0.4 is 10.1 Å². The van der Waals surface area contributed by atoms with Crippen LogP contribution in [0.5, 0.6) is 5.75 Å². The second-order valence-corrected chi connectivity index (χ2v) is 10.2. The lowest BCUT2D eigenvalue weighted by Crippen LogP contribution is -2.43. The van der Waals surface area contributed by atoms with Crippen LogP contribution in [0, 0.1) is 0 Å². The van der Waals surface area contributed by atoms with Gasteiger partial charge in [-0.2, -0.15) is 0 Å². The maximum Gasteiger partial charge on any atom is 0.258 e. The summed E-state index contributed by atoms with van der Waals surface area (Å²) in [6, 6.07) is 7.13. The molecule has 9 nitrogen and oxygen atoms in total. The van der Waals surface area contributed by atoms with Crippen molar-refractivity contribution in [2.45, 2.75) is 84.1 Å². The molecule has 0 atom stereocenters. The molecular formula is C29H43N7O2. The molecule has 0 aliphatic heterocycles. The Balaban J connectivity index is 1.37. The van der Waals surface area contributed by atoms with Gasteiger partial charge in [0.1, 0.15) is 17.4 Å². The number of methoxy groups -OCH3 is 1. The number of carbonyl (C=O) groups is 1. The van der Waals surface area contributed by atoms with Crippen molar-refractivity contribution in [2.24, 2.45) is 0 Å². The molecule has 0 unspecified atom stereocenters. The highest BCUT2D eigenvalue weighted by atomic mass is 16.5. The Morgan fingerprint density at radius 1 is 1.00 bits per heavy atom. The largest absolute Gasteiger partial charge is 0.496 e. The minimum atomic E-state index is -0.129. The van der Waals surface area contributed by atoms with E-state index in [4.69, 9.17) is 4.74 Å². The minimum Gasteiger partial charge on any atom is -0.496 e. The molecule has 1 aliphatic carbocycles. The van der Waals surface area contributed by atoms with Gasteiger partial charge in [0.15, 0.2) is 0 Å². The lowest BCUT2D eigenvalue weighted by atomic mass is 9.89. The fourth-order valence-electron chi connectivity index (χ4n) is 5.48. The first-order valence-electron chi connectivity index (χ1n) is 14.0. The smallest absolute Gasteiger partial charge is 0.258 e. The molecule has 1 fully saturated rings. The number of hydrogen-bond donors (Lipinski definition) is 3. The van der Waals surface area contributed by atoms with E-state index >= 15 is 0 Å². The number of H-pyrrole nitrogens is 2. The average Bonchev–Trinajstić information content (AvgIpc) is 3.66. The van der Waals surface area contributed by atoms with Gasteiger partial charge < -0.3 is 29.8 Å². The van der Waals surface area contributed by atoms with Crippen LogP contribution >= 0.6 is 0 Å². The fourth-order valence-corrected chi connectivity index (χ4v) is 5.48. The number of nitrogens with zero attached hydrogens (tertiary/aromatic N) is 4. The van der Waals surface area contributed by atoms with Gasteiger partial charge in [0, 0.05) is 43.4 Å². The molecule has 38 heavy (non-hydrogen) atoms. The third-order valence-electron chi connectivity index (χ3n) is 7.40. The molecule has 3 N–H and O–H groups in total. The van der Waals surface area contributed by atoms with Gasteiger partial charge in [0.2, 0.25) is 0 Å². The van der Waals surface area contributed by atoms with Crippen LogP contribution in [0.15, 0.2) is 43.0 Å². The Bertz CT molecular complexity index is 1050. The molecule has 206 valence electrons. The van der Waals surface area contributed by atoms with Crippen molar-refractivity contribution in [2.75, 3.05) is 20.2 Å². The van der Waals surface area contributed by atoms with E-state index < -0.39 is 0 Å². The predicted molar refractivity (Wildman–Crippen MR) is 149 cm³/mol. The van der Waals surface area contributed by atoms with Crippen LogP contribution in [-0.2, 0) is 19.6 Å². The number of amides is 1. The van der Waals surface area contributed by atoms with Crippen LogP contribution in [0.4, 0.5) is 0 Å². The number of aromatic nitrogens is 4. The van der Waals surface area contributed by atoms with Gasteiger partial charge in [-0.3, -0.25) is 4.79 Å². The molecule has 0 spiro atoms. The summed E-state index contributed by atoms with van der Waals surface area (Å²) in [5.74, 6) is 1.88. The summed E-state index contributed by atoms with van der Waals surface area (Å²) in [7, 11) is 1.62. The quantitative estimate of drug-likeness (QED) is 0.289. The van der Waals surface area contributed by atoms with Gasteiger partial charge in [-0.15, -0.1) is 0 Å². The molecule has 4 rings (SSSR count). The van der Waals surface area contributed by atoms with E-state index in [2.05, 4.69) is 44.0 Å². The molecule has 9 heteroatoms. The molecule has 2 heterocycles. The molecule has 0 radical (unpaired) electrons. The maximum absolute atomic E-state index is 13.6. The third kappa shape index (κ3) is 7.45. The van der Waals surface area contributed by atoms with Gasteiger partial charge in [-0.25, -0.2) is 9.97 Å². The average molecular weight is 522 g/mol. The first-order chi connectivity index (χ1) is 18.6. The van der Waals surface area contributed by atoms with Crippen molar-refractivity contribution in [1.82, 2.24) is 35.1 Å². The number of benzene rings is 1. The second-order valence-electron chi connectivity index (χ2n) is 10.2. The number of rotatable bonds is 14. The van der Waals surface area contributed by atoms with E-state index in [-0.39, 0.29) is 5.91 Å². The number of nitrogens with one attached hydrogen (secondary N) is 3. The zero-order valence-corrected chi connectivity index (χ0v) is 23.1. The summed E-state index contributed by atoms with van der Waals surface area (Å²) in [5.41, 5.74) is 1.64. The van der Waals surface area contributed by atoms with Gasteiger partial charge in [-0.05, 0) is 69.3 Å². The SMILES string of the molecule is CCCN(CCC)[C@H]1CC[C@H](NCc2ccc(C(=O)N(Cc3ncc[nH]3)Cc3ncc[nH]3)c(OC)c2)CC1. The molecule has 1 amide bonds. The zero-order chi connectivity index (χ0) is 26.7. The summed E-state index contributed by atoms with van der Waals surface area (Å²) in [6.45, 7) is 8.42. The number of imidazole rings is 2. The summed E-state index contributed by atoms with van der Waals surface area (Å²) >= 11 is 0. The molecule has 2 aromatic heterocycles. The van der Waals surface area contributed by atoms with Crippen molar-refractivity contribution < 1.29 is 9.53 Å². The van der Waals surface area contributed by atoms with E-state index in [1.54, 1.807) is 36.8 Å². The predicted octanol–water partition coefficient (Wildman–Crippen LogP) is 4.51. The lowest BCUT2D eigenvalue weighted by Gasteiger charge is -2.37. The highest BCUT2D eigenvalue weighted by Crippen LogP contribution is 2.26. The van der Waals surface area contributed by atoms with Crippen LogP contribution in [0.2, 0.25) is 0 Å². The van der Waals surface area contributed by atoms with Gasteiger partial charge in [0.05, 0.1) is 25.8 Å². The number of carbonyl (C=O) groups excluding carboxylic acids is 1. The number of aromatic amines is 2. The van der Waals surface area contributed by atoms with Crippen LogP contribution in [0.1, 0.15) is 79.9 Å². The zero-order valence-electron chi connectivity index (χ0n) is 23.1. The van der Waals surface area contributed by atoms with E-state index in [1.807, 2.05) is 18.2 Å². The highest BCUT2D eigenvalue weighted by molar-refractivity contribution is 5.97. The topological polar surface area (TPSA) is 102 Å². The number of ether oxygens (including phenoxy) is 1. The van der Waals surface area contributed by atoms with E-state index in [0.717, 1.165) is 18.2 Å². The minimum absolute atomic E-state index is 0.129. The molecule has 0 bridgehead atoms. The van der Waals surface area contributed by atoms with E-state index in [1.165, 1.54) is 51.6 Å². The van der Waals surface area contributed by atoms with E-state index in [0.29, 0.717) is 42.1 Å². The van der Waals surface area contributed by atoms with Crippen LogP contribution in [0.3, 0.4) is 0 Å². The first-order valence-corrected chi connectivity index (χ1v) is 14.0. The van der Waals surface area contributed by atoms with E-state index in [9.17, 15) is 4.79 Å². The Morgan fingerprint density at radius 2 is 1.63 bits per heavy atom. The second kappa shape index (κ2) is 14.1. The molecule has 0 saturated heterocycles. The maximum atomic E-state index is 13.6. The van der Waals surface area contributed by atoms with Crippen LogP contribution in [0.25, 0.3) is 0 Å². The number of hydrogen-bond acceptors (Lipinski definition) is 6. The molecule has 1 aromatic carbocycles. The highest BCUT2D eigenvalue weighted by Gasteiger charge is 2.25. The Kier molecular flexibility index (Phi) is 10.3. The van der Waals surface area contributed by atoms with Crippen molar-refractivity contribution >= 4 is 5.91 Å². The fraction of sp³-hybridized carbons (Fsp3) is 0.552. The summed E-state index contributed by atoms with van der Waals surface area (Å²) in [6.07, 6.45) is 14.3. The van der Waals surface area contributed by atoms with Gasteiger partial charge in [0.25, 0.3) is 5.91 Å². The van der Waals surface area contributed by atoms with Crippen LogP contribution in [-0.4, -0.2) is 67.9 Å². The normalized spacial score (nSPS) is 17.6. The molecular weight excluding hydrogens is 478 g/mol. The van der Waals surface area contributed by atoms with Crippen molar-refractivity contribution in [1.29, 1.82) is 0 Å². The van der Waals surface area contributed by atoms with Crippen molar-refractivity contribution in [3.8, 4) is 5.75 Å². The molecule has 1 saturated carbocycles. The van der Waals surface area contributed by atoms with Crippen molar-refractivity contribution in [3.05, 3.63) is 65.8 Å². The third-order valence-corrected chi connectivity index (χ3v) is 7.40. The Labute approximate surface area is 226 Å². The first kappa shape index (κ1) is 27.9. The summed E-state index contributed by atoms with van der Waals surface area (Å²) < 4.78 is 5.68. The summed E-state index contributed by atoms with van der Waals surface area (Å²) in [4.78, 5) is 32.8. The lowest BCUT2D eigenvalue weighted by molar-refractivity contribution is 0.0718.